The summed E-state index contributed by atoms with van der Waals surface area (Å²) in [7, 11) is 0. The van der Waals surface area contributed by atoms with Crippen LogP contribution < -0.4 is 5.32 Å². The molecular weight excluding hydrogens is 421 g/mol. The van der Waals surface area contributed by atoms with E-state index in [0.717, 1.165) is 30.4 Å². The van der Waals surface area contributed by atoms with Gasteiger partial charge in [-0.15, -0.1) is 10.2 Å². The van der Waals surface area contributed by atoms with Crippen LogP contribution in [0.2, 0.25) is 10.0 Å². The molecule has 1 atom stereocenters. The van der Waals surface area contributed by atoms with Gasteiger partial charge < -0.3 is 9.73 Å². The number of amides is 1. The molecule has 1 amide bonds. The maximum atomic E-state index is 12.4. The molecule has 0 radical (unpaired) electrons. The number of carbonyl (C=O) groups excluding carboxylic acids is 1. The number of halogens is 2. The molecule has 2 aromatic carbocycles. The predicted octanol–water partition coefficient (Wildman–Crippen LogP) is 5.66. The fourth-order valence-electron chi connectivity index (χ4n) is 3.91. The van der Waals surface area contributed by atoms with Gasteiger partial charge >= 0.3 is 0 Å². The lowest BCUT2D eigenvalue weighted by Crippen LogP contribution is -2.35. The molecule has 3 aromatic rings. The summed E-state index contributed by atoms with van der Waals surface area (Å²) in [6.07, 6.45) is 3.70. The van der Waals surface area contributed by atoms with Crippen LogP contribution in [-0.4, -0.2) is 16.1 Å². The van der Waals surface area contributed by atoms with Gasteiger partial charge in [-0.2, -0.15) is 0 Å². The Morgan fingerprint density at radius 3 is 2.53 bits per heavy atom. The van der Waals surface area contributed by atoms with Crippen LogP contribution in [0.3, 0.4) is 0 Å². The first kappa shape index (κ1) is 20.9. The smallest absolute Gasteiger partial charge is 0.227 e. The van der Waals surface area contributed by atoms with Crippen LogP contribution in [0.15, 0.2) is 52.9 Å². The van der Waals surface area contributed by atoms with E-state index in [1.54, 1.807) is 0 Å². The molecule has 1 saturated carbocycles. The first-order valence-electron chi connectivity index (χ1n) is 10.1. The van der Waals surface area contributed by atoms with E-state index in [4.69, 9.17) is 27.6 Å². The Bertz CT molecular complexity index is 1030. The minimum Gasteiger partial charge on any atom is -0.424 e. The SMILES string of the molecule is C[C@@H](NC(=O)CCc1nnc(C2(c3ccc(Cl)cc3)CCC2)o1)c1ccccc1Cl. The highest BCUT2D eigenvalue weighted by Crippen LogP contribution is 2.48. The third-order valence-corrected chi connectivity index (χ3v) is 6.39. The fourth-order valence-corrected chi connectivity index (χ4v) is 4.34. The van der Waals surface area contributed by atoms with Crippen molar-refractivity contribution >= 4 is 29.1 Å². The van der Waals surface area contributed by atoms with Crippen molar-refractivity contribution in [2.24, 2.45) is 0 Å². The molecule has 0 unspecified atom stereocenters. The molecule has 0 spiro atoms. The van der Waals surface area contributed by atoms with Gasteiger partial charge in [0.05, 0.1) is 11.5 Å². The topological polar surface area (TPSA) is 68.0 Å². The van der Waals surface area contributed by atoms with Gasteiger partial charge in [0.25, 0.3) is 0 Å². The molecule has 1 fully saturated rings. The van der Waals surface area contributed by atoms with Gasteiger partial charge in [-0.25, -0.2) is 0 Å². The standard InChI is InChI=1S/C23H23Cl2N3O2/c1-15(18-5-2-3-6-19(18)25)26-20(29)11-12-21-27-28-22(30-21)23(13-4-14-23)16-7-9-17(24)10-8-16/h2-3,5-10,15H,4,11-14H2,1H3,(H,26,29)/t15-/m1/s1. The van der Waals surface area contributed by atoms with Crippen LogP contribution in [0.25, 0.3) is 0 Å². The van der Waals surface area contributed by atoms with E-state index >= 15 is 0 Å². The molecule has 0 saturated heterocycles. The van der Waals surface area contributed by atoms with Crippen LogP contribution in [0.4, 0.5) is 0 Å². The molecule has 1 heterocycles. The average Bonchev–Trinajstić information content (AvgIpc) is 3.16. The molecule has 1 aromatic heterocycles. The molecule has 1 aliphatic carbocycles. The summed E-state index contributed by atoms with van der Waals surface area (Å²) < 4.78 is 5.98. The number of aryl methyl sites for hydroxylation is 1. The Morgan fingerprint density at radius 2 is 1.87 bits per heavy atom. The maximum Gasteiger partial charge on any atom is 0.227 e. The van der Waals surface area contributed by atoms with E-state index in [-0.39, 0.29) is 23.8 Å². The van der Waals surface area contributed by atoms with Crippen LogP contribution in [0, 0.1) is 0 Å². The van der Waals surface area contributed by atoms with E-state index in [1.807, 2.05) is 55.5 Å². The van der Waals surface area contributed by atoms with Crippen molar-refractivity contribution < 1.29 is 9.21 Å². The third-order valence-electron chi connectivity index (χ3n) is 5.80. The number of hydrogen-bond acceptors (Lipinski definition) is 4. The van der Waals surface area contributed by atoms with Crippen LogP contribution >= 0.6 is 23.2 Å². The van der Waals surface area contributed by atoms with Crippen LogP contribution in [0.1, 0.15) is 61.6 Å². The Hall–Kier alpha value is -2.37. The Balaban J connectivity index is 1.38. The lowest BCUT2D eigenvalue weighted by molar-refractivity contribution is -0.121. The number of hydrogen-bond donors (Lipinski definition) is 1. The molecule has 30 heavy (non-hydrogen) atoms. The maximum absolute atomic E-state index is 12.4. The highest BCUT2D eigenvalue weighted by molar-refractivity contribution is 6.31. The monoisotopic (exact) mass is 443 g/mol. The summed E-state index contributed by atoms with van der Waals surface area (Å²) >= 11 is 12.2. The molecule has 1 aliphatic rings. The minimum atomic E-state index is -0.239. The highest BCUT2D eigenvalue weighted by atomic mass is 35.5. The fraction of sp³-hybridized carbons (Fsp3) is 0.348. The quantitative estimate of drug-likeness (QED) is 0.511. The first-order chi connectivity index (χ1) is 14.5. The summed E-state index contributed by atoms with van der Waals surface area (Å²) in [6.45, 7) is 1.91. The Labute approximate surface area is 185 Å². The Kier molecular flexibility index (Phi) is 6.11. The zero-order chi connectivity index (χ0) is 21.1. The molecule has 4 rings (SSSR count). The summed E-state index contributed by atoms with van der Waals surface area (Å²) in [5.41, 5.74) is 1.79. The van der Waals surface area contributed by atoms with Gasteiger partial charge in [-0.05, 0) is 49.1 Å². The second-order valence-electron chi connectivity index (χ2n) is 7.75. The normalized spacial score (nSPS) is 16.0. The summed E-state index contributed by atoms with van der Waals surface area (Å²) in [4.78, 5) is 12.4. The highest BCUT2D eigenvalue weighted by Gasteiger charge is 2.45. The summed E-state index contributed by atoms with van der Waals surface area (Å²) in [5.74, 6) is 1.01. The third kappa shape index (κ3) is 4.23. The second-order valence-corrected chi connectivity index (χ2v) is 8.60. The zero-order valence-electron chi connectivity index (χ0n) is 16.7. The number of benzene rings is 2. The van der Waals surface area contributed by atoms with E-state index in [0.29, 0.717) is 28.2 Å². The number of nitrogens with zero attached hydrogens (tertiary/aromatic N) is 2. The van der Waals surface area contributed by atoms with Crippen molar-refractivity contribution in [1.82, 2.24) is 15.5 Å². The van der Waals surface area contributed by atoms with E-state index in [9.17, 15) is 4.79 Å². The molecule has 5 nitrogen and oxygen atoms in total. The molecule has 156 valence electrons. The van der Waals surface area contributed by atoms with Gasteiger partial charge in [-0.1, -0.05) is 60.0 Å². The molecule has 7 heteroatoms. The predicted molar refractivity (Wildman–Crippen MR) is 117 cm³/mol. The van der Waals surface area contributed by atoms with E-state index < -0.39 is 0 Å². The molecule has 1 N–H and O–H groups in total. The number of aromatic nitrogens is 2. The average molecular weight is 444 g/mol. The van der Waals surface area contributed by atoms with Crippen molar-refractivity contribution in [2.75, 3.05) is 0 Å². The van der Waals surface area contributed by atoms with Gasteiger partial charge in [0.1, 0.15) is 0 Å². The van der Waals surface area contributed by atoms with Crippen molar-refractivity contribution in [3.05, 3.63) is 81.5 Å². The molecule has 0 bridgehead atoms. The van der Waals surface area contributed by atoms with Crippen molar-refractivity contribution in [2.45, 2.75) is 50.5 Å². The summed E-state index contributed by atoms with van der Waals surface area (Å²) in [5, 5.41) is 12.8. The number of carbonyl (C=O) groups is 1. The van der Waals surface area contributed by atoms with Gasteiger partial charge in [0.15, 0.2) is 0 Å². The number of nitrogens with one attached hydrogen (secondary N) is 1. The van der Waals surface area contributed by atoms with Gasteiger partial charge in [-0.3, -0.25) is 4.79 Å². The largest absolute Gasteiger partial charge is 0.424 e. The van der Waals surface area contributed by atoms with Crippen LogP contribution in [0.5, 0.6) is 0 Å². The first-order valence-corrected chi connectivity index (χ1v) is 10.9. The number of rotatable bonds is 7. The van der Waals surface area contributed by atoms with E-state index in [2.05, 4.69) is 15.5 Å². The van der Waals surface area contributed by atoms with Gasteiger partial charge in [0, 0.05) is 22.9 Å². The van der Waals surface area contributed by atoms with Crippen molar-refractivity contribution in [1.29, 1.82) is 0 Å². The van der Waals surface area contributed by atoms with Gasteiger partial charge in [0.2, 0.25) is 17.7 Å². The molecular formula is C23H23Cl2N3O2. The van der Waals surface area contributed by atoms with Crippen LogP contribution in [-0.2, 0) is 16.6 Å². The minimum absolute atomic E-state index is 0.0850. The van der Waals surface area contributed by atoms with Crippen molar-refractivity contribution in [3.8, 4) is 0 Å². The Morgan fingerprint density at radius 1 is 1.13 bits per heavy atom. The van der Waals surface area contributed by atoms with E-state index in [1.165, 1.54) is 0 Å². The summed E-state index contributed by atoms with van der Waals surface area (Å²) in [6, 6.07) is 15.1. The van der Waals surface area contributed by atoms with Crippen molar-refractivity contribution in [3.63, 3.8) is 0 Å². The lowest BCUT2D eigenvalue weighted by atomic mass is 9.64. The zero-order valence-corrected chi connectivity index (χ0v) is 18.2. The lowest BCUT2D eigenvalue weighted by Gasteiger charge is -2.39. The molecule has 0 aliphatic heterocycles. The second kappa shape index (κ2) is 8.78.